The zero-order valence-electron chi connectivity index (χ0n) is 16.8. The van der Waals surface area contributed by atoms with Crippen LogP contribution < -0.4 is 10.5 Å². The highest BCUT2D eigenvalue weighted by Gasteiger charge is 2.65. The van der Waals surface area contributed by atoms with Crippen LogP contribution in [0.25, 0.3) is 0 Å². The summed E-state index contributed by atoms with van der Waals surface area (Å²) in [4.78, 5) is 14.5. The van der Waals surface area contributed by atoms with Crippen LogP contribution in [0.2, 0.25) is 5.02 Å². The molecule has 4 rings (SSSR count). The summed E-state index contributed by atoms with van der Waals surface area (Å²) in [5.41, 5.74) is 6.84. The number of nitrogens with zero attached hydrogens (tertiary/aromatic N) is 1. The lowest BCUT2D eigenvalue weighted by Crippen LogP contribution is -2.59. The van der Waals surface area contributed by atoms with E-state index in [4.69, 9.17) is 22.1 Å². The number of rotatable bonds is 6. The van der Waals surface area contributed by atoms with E-state index in [-0.39, 0.29) is 29.7 Å². The van der Waals surface area contributed by atoms with Crippen LogP contribution in [0.1, 0.15) is 31.4 Å². The van der Waals surface area contributed by atoms with Crippen LogP contribution in [0.3, 0.4) is 0 Å². The van der Waals surface area contributed by atoms with Gasteiger partial charge in [-0.1, -0.05) is 49.7 Å². The number of nitrogens with two attached hydrogens (primary N) is 1. The molecular formula is C23H26ClFN2O2. The highest BCUT2D eigenvalue weighted by molar-refractivity contribution is 6.31. The van der Waals surface area contributed by atoms with Crippen molar-refractivity contribution in [1.29, 1.82) is 0 Å². The molecule has 2 N–H and O–H groups in total. The Morgan fingerprint density at radius 2 is 2.03 bits per heavy atom. The number of benzene rings is 2. The highest BCUT2D eigenvalue weighted by Crippen LogP contribution is 2.62. The van der Waals surface area contributed by atoms with Crippen molar-refractivity contribution < 1.29 is 13.9 Å². The minimum Gasteiger partial charge on any atom is -0.488 e. The molecule has 0 bridgehead atoms. The summed E-state index contributed by atoms with van der Waals surface area (Å²) >= 11 is 6.11. The van der Waals surface area contributed by atoms with Gasteiger partial charge in [0.25, 0.3) is 0 Å². The van der Waals surface area contributed by atoms with Crippen molar-refractivity contribution in [3.05, 3.63) is 64.4 Å². The van der Waals surface area contributed by atoms with E-state index in [2.05, 4.69) is 18.7 Å². The van der Waals surface area contributed by atoms with Crippen LogP contribution in [-0.4, -0.2) is 23.9 Å². The van der Waals surface area contributed by atoms with E-state index in [9.17, 15) is 9.18 Å². The maximum atomic E-state index is 14.0. The molecule has 2 fully saturated rings. The monoisotopic (exact) mass is 416 g/mol. The standard InChI is InChI=1S/C23H26ClFN2O2/c1-22(2)13-23(21(26)28)14-27(11-20(22)23)10-15-6-3-4-9-19(15)29-12-16-17(24)7-5-8-18(16)25/h3-9,20H,10-14H2,1-2H3,(H2,26,28)/t20-,23+/m1/s1. The third kappa shape index (κ3) is 3.51. The summed E-state index contributed by atoms with van der Waals surface area (Å²) in [5.74, 6) is 0.399. The van der Waals surface area contributed by atoms with Gasteiger partial charge in [-0.25, -0.2) is 4.39 Å². The molecule has 2 atom stereocenters. The zero-order chi connectivity index (χ0) is 20.8. The fraction of sp³-hybridized carbons (Fsp3) is 0.435. The summed E-state index contributed by atoms with van der Waals surface area (Å²) in [6, 6.07) is 12.3. The molecule has 0 unspecified atom stereocenters. The lowest BCUT2D eigenvalue weighted by Gasteiger charge is -2.54. The molecule has 1 saturated carbocycles. The van der Waals surface area contributed by atoms with Crippen molar-refractivity contribution >= 4 is 17.5 Å². The molecule has 1 aliphatic heterocycles. The lowest BCUT2D eigenvalue weighted by atomic mass is 9.48. The van der Waals surface area contributed by atoms with Crippen molar-refractivity contribution in [3.63, 3.8) is 0 Å². The summed E-state index contributed by atoms with van der Waals surface area (Å²) < 4.78 is 20.0. The molecule has 1 aliphatic carbocycles. The first-order valence-corrected chi connectivity index (χ1v) is 10.3. The quantitative estimate of drug-likeness (QED) is 0.759. The molecule has 29 heavy (non-hydrogen) atoms. The van der Waals surface area contributed by atoms with Gasteiger partial charge in [0.1, 0.15) is 18.2 Å². The van der Waals surface area contributed by atoms with Crippen molar-refractivity contribution in [2.24, 2.45) is 22.5 Å². The fourth-order valence-electron chi connectivity index (χ4n) is 5.28. The van der Waals surface area contributed by atoms with Crippen molar-refractivity contribution in [2.45, 2.75) is 33.4 Å². The van der Waals surface area contributed by atoms with E-state index in [0.717, 1.165) is 18.5 Å². The molecule has 1 saturated heterocycles. The molecule has 0 spiro atoms. The van der Waals surface area contributed by atoms with E-state index in [0.29, 0.717) is 29.4 Å². The minimum atomic E-state index is -0.417. The second kappa shape index (κ2) is 7.29. The van der Waals surface area contributed by atoms with Crippen LogP contribution in [-0.2, 0) is 17.9 Å². The predicted octanol–water partition coefficient (Wildman–Crippen LogP) is 4.39. The van der Waals surface area contributed by atoms with E-state index in [1.807, 2.05) is 24.3 Å². The Morgan fingerprint density at radius 3 is 2.69 bits per heavy atom. The molecule has 4 nitrogen and oxygen atoms in total. The lowest BCUT2D eigenvalue weighted by molar-refractivity contribution is -0.148. The van der Waals surface area contributed by atoms with Crippen molar-refractivity contribution in [2.75, 3.05) is 13.1 Å². The summed E-state index contributed by atoms with van der Waals surface area (Å²) in [6.45, 7) is 6.63. The van der Waals surface area contributed by atoms with Crippen LogP contribution in [0.15, 0.2) is 42.5 Å². The number of hydrogen-bond acceptors (Lipinski definition) is 3. The van der Waals surface area contributed by atoms with E-state index >= 15 is 0 Å². The van der Waals surface area contributed by atoms with Gasteiger partial charge >= 0.3 is 0 Å². The van der Waals surface area contributed by atoms with Gasteiger partial charge in [-0.2, -0.15) is 0 Å². The van der Waals surface area contributed by atoms with Crippen molar-refractivity contribution in [1.82, 2.24) is 4.90 Å². The highest BCUT2D eigenvalue weighted by atomic mass is 35.5. The number of likely N-dealkylation sites (tertiary alicyclic amines) is 1. The van der Waals surface area contributed by atoms with Crippen molar-refractivity contribution in [3.8, 4) is 5.75 Å². The number of carbonyl (C=O) groups is 1. The number of fused-ring (bicyclic) bond motifs is 1. The Bertz CT molecular complexity index is 928. The average Bonchev–Trinajstić information content (AvgIpc) is 2.98. The molecule has 6 heteroatoms. The molecule has 2 aromatic rings. The summed E-state index contributed by atoms with van der Waals surface area (Å²) in [7, 11) is 0. The Balaban J connectivity index is 1.49. The largest absolute Gasteiger partial charge is 0.488 e. The van der Waals surface area contributed by atoms with E-state index in [1.54, 1.807) is 12.1 Å². The first kappa shape index (κ1) is 20.2. The third-order valence-electron chi connectivity index (χ3n) is 6.62. The number of primary amides is 1. The maximum Gasteiger partial charge on any atom is 0.225 e. The number of carbonyl (C=O) groups excluding carboxylic acids is 1. The Labute approximate surface area is 175 Å². The van der Waals surface area contributed by atoms with Gasteiger partial charge in [0.2, 0.25) is 5.91 Å². The fourth-order valence-corrected chi connectivity index (χ4v) is 5.50. The minimum absolute atomic E-state index is 0.0589. The second-order valence-corrected chi connectivity index (χ2v) is 9.41. The van der Waals surface area contributed by atoms with Gasteiger partial charge in [0.05, 0.1) is 10.4 Å². The number of para-hydroxylation sites is 1. The SMILES string of the molecule is CC1(C)C[C@]2(C(N)=O)CN(Cc3ccccc3OCc3c(F)cccc3Cl)C[C@H]12. The first-order valence-electron chi connectivity index (χ1n) is 9.89. The molecule has 0 aromatic heterocycles. The number of ether oxygens (including phenoxy) is 1. The molecular weight excluding hydrogens is 391 g/mol. The summed E-state index contributed by atoms with van der Waals surface area (Å²) in [6.07, 6.45) is 0.834. The zero-order valence-corrected chi connectivity index (χ0v) is 17.5. The van der Waals surface area contributed by atoms with Gasteiger partial charge in [-0.15, -0.1) is 0 Å². The van der Waals surface area contributed by atoms with Gasteiger partial charge in [0.15, 0.2) is 0 Å². The second-order valence-electron chi connectivity index (χ2n) is 9.00. The molecule has 2 aliphatic rings. The van der Waals surface area contributed by atoms with Gasteiger partial charge in [0, 0.05) is 30.8 Å². The van der Waals surface area contributed by atoms with Gasteiger partial charge in [-0.3, -0.25) is 9.69 Å². The molecule has 1 amide bonds. The van der Waals surface area contributed by atoms with Gasteiger partial charge < -0.3 is 10.5 Å². The summed E-state index contributed by atoms with van der Waals surface area (Å²) in [5, 5.41) is 0.351. The first-order chi connectivity index (χ1) is 13.7. The van der Waals surface area contributed by atoms with Crippen LogP contribution in [0.5, 0.6) is 5.75 Å². The molecule has 154 valence electrons. The van der Waals surface area contributed by atoms with E-state index < -0.39 is 5.41 Å². The Kier molecular flexibility index (Phi) is 5.07. The van der Waals surface area contributed by atoms with E-state index in [1.165, 1.54) is 6.07 Å². The van der Waals surface area contributed by atoms with Crippen LogP contribution in [0.4, 0.5) is 4.39 Å². The normalized spacial score (nSPS) is 25.3. The maximum absolute atomic E-state index is 14.0. The van der Waals surface area contributed by atoms with Crippen LogP contribution in [0, 0.1) is 22.6 Å². The molecule has 0 radical (unpaired) electrons. The number of amides is 1. The topological polar surface area (TPSA) is 55.6 Å². The average molecular weight is 417 g/mol. The number of halogens is 2. The molecule has 1 heterocycles. The van der Waals surface area contributed by atoms with Gasteiger partial charge in [-0.05, 0) is 36.0 Å². The Hall–Kier alpha value is -2.11. The van der Waals surface area contributed by atoms with Crippen LogP contribution >= 0.6 is 11.6 Å². The third-order valence-corrected chi connectivity index (χ3v) is 6.97. The Morgan fingerprint density at radius 1 is 1.28 bits per heavy atom. The predicted molar refractivity (Wildman–Crippen MR) is 111 cm³/mol. The smallest absolute Gasteiger partial charge is 0.225 e. The molecule has 2 aromatic carbocycles. The number of hydrogen-bond donors (Lipinski definition) is 1.